The second kappa shape index (κ2) is 8.52. The van der Waals surface area contributed by atoms with Crippen molar-refractivity contribution in [3.63, 3.8) is 0 Å². The van der Waals surface area contributed by atoms with Gasteiger partial charge in [-0.2, -0.15) is 0 Å². The lowest BCUT2D eigenvalue weighted by Gasteiger charge is -2.10. The number of ether oxygens (including phenoxy) is 1. The molecule has 136 valence electrons. The van der Waals surface area contributed by atoms with Gasteiger partial charge in [0.05, 0.1) is 18.4 Å². The lowest BCUT2D eigenvalue weighted by molar-refractivity contribution is 0.0602. The quantitative estimate of drug-likeness (QED) is 0.648. The van der Waals surface area contributed by atoms with Crippen molar-refractivity contribution >= 4 is 23.4 Å². The van der Waals surface area contributed by atoms with Crippen molar-refractivity contribution in [1.29, 1.82) is 0 Å². The fraction of sp³-hybridized carbons (Fsp3) is 0.105. The van der Waals surface area contributed by atoms with Crippen LogP contribution in [0.2, 0.25) is 0 Å². The molecule has 8 heteroatoms. The standard InChI is InChI=1S/C19H17N5O3/c1-27-19(26)14-6-2-3-7-15(14)24-18(25)16-9-17(23-12-22-16)21-11-13-5-4-8-20-10-13/h2-10,12H,11H2,1H3,(H,24,25)(H,21,22,23). The van der Waals surface area contributed by atoms with Crippen LogP contribution >= 0.6 is 0 Å². The molecule has 0 atom stereocenters. The number of hydrogen-bond acceptors (Lipinski definition) is 7. The Kier molecular flexibility index (Phi) is 5.68. The molecule has 1 amide bonds. The van der Waals surface area contributed by atoms with E-state index < -0.39 is 11.9 Å². The molecule has 3 rings (SSSR count). The normalized spacial score (nSPS) is 10.1. The van der Waals surface area contributed by atoms with Gasteiger partial charge in [0.1, 0.15) is 17.8 Å². The SMILES string of the molecule is COC(=O)c1ccccc1NC(=O)c1cc(NCc2cccnc2)ncn1. The van der Waals surface area contributed by atoms with Gasteiger partial charge >= 0.3 is 5.97 Å². The van der Waals surface area contributed by atoms with Crippen molar-refractivity contribution in [2.24, 2.45) is 0 Å². The van der Waals surface area contributed by atoms with Gasteiger partial charge in [0.25, 0.3) is 5.91 Å². The molecule has 0 aliphatic heterocycles. The van der Waals surface area contributed by atoms with Crippen LogP contribution in [-0.4, -0.2) is 33.9 Å². The molecule has 0 unspecified atom stereocenters. The van der Waals surface area contributed by atoms with Gasteiger partial charge in [0.15, 0.2) is 0 Å². The van der Waals surface area contributed by atoms with Gasteiger partial charge in [-0.05, 0) is 23.8 Å². The van der Waals surface area contributed by atoms with E-state index >= 15 is 0 Å². The third-order valence-corrected chi connectivity index (χ3v) is 3.68. The van der Waals surface area contributed by atoms with E-state index in [-0.39, 0.29) is 11.3 Å². The molecular formula is C19H17N5O3. The number of benzene rings is 1. The Balaban J connectivity index is 1.72. The summed E-state index contributed by atoms with van der Waals surface area (Å²) in [7, 11) is 1.28. The van der Waals surface area contributed by atoms with Gasteiger partial charge in [-0.15, -0.1) is 0 Å². The molecule has 27 heavy (non-hydrogen) atoms. The van der Waals surface area contributed by atoms with Crippen molar-refractivity contribution in [1.82, 2.24) is 15.0 Å². The van der Waals surface area contributed by atoms with Gasteiger partial charge in [-0.3, -0.25) is 9.78 Å². The fourth-order valence-electron chi connectivity index (χ4n) is 2.34. The van der Waals surface area contributed by atoms with Crippen molar-refractivity contribution < 1.29 is 14.3 Å². The maximum atomic E-state index is 12.5. The minimum atomic E-state index is -0.535. The highest BCUT2D eigenvalue weighted by Gasteiger charge is 2.15. The van der Waals surface area contributed by atoms with Gasteiger partial charge in [-0.25, -0.2) is 14.8 Å². The summed E-state index contributed by atoms with van der Waals surface area (Å²) in [6.45, 7) is 0.511. The first-order chi connectivity index (χ1) is 13.2. The van der Waals surface area contributed by atoms with Crippen molar-refractivity contribution in [3.8, 4) is 0 Å². The lowest BCUT2D eigenvalue weighted by atomic mass is 10.1. The zero-order valence-electron chi connectivity index (χ0n) is 14.5. The van der Waals surface area contributed by atoms with Crippen LogP contribution in [0.4, 0.5) is 11.5 Å². The zero-order valence-corrected chi connectivity index (χ0v) is 14.5. The second-order valence-electron chi connectivity index (χ2n) is 5.49. The number of rotatable bonds is 6. The molecule has 1 aromatic carbocycles. The van der Waals surface area contributed by atoms with E-state index in [1.807, 2.05) is 12.1 Å². The number of carbonyl (C=O) groups is 2. The number of nitrogens with zero attached hydrogens (tertiary/aromatic N) is 3. The summed E-state index contributed by atoms with van der Waals surface area (Å²) < 4.78 is 4.73. The molecule has 0 saturated heterocycles. The van der Waals surface area contributed by atoms with Crippen LogP contribution < -0.4 is 10.6 Å². The summed E-state index contributed by atoms with van der Waals surface area (Å²) in [5, 5.41) is 5.79. The predicted octanol–water partition coefficient (Wildman–Crippen LogP) is 2.52. The summed E-state index contributed by atoms with van der Waals surface area (Å²) in [4.78, 5) is 36.5. The first-order valence-electron chi connectivity index (χ1n) is 8.11. The number of amides is 1. The van der Waals surface area contributed by atoms with Crippen LogP contribution in [0.1, 0.15) is 26.4 Å². The number of esters is 1. The molecule has 3 aromatic rings. The molecule has 0 saturated carbocycles. The zero-order chi connectivity index (χ0) is 19.1. The number of anilines is 2. The third kappa shape index (κ3) is 4.63. The summed E-state index contributed by atoms with van der Waals surface area (Å²) in [5.41, 5.74) is 1.75. The molecule has 0 spiro atoms. The Bertz CT molecular complexity index is 947. The predicted molar refractivity (Wildman–Crippen MR) is 99.3 cm³/mol. The summed E-state index contributed by atoms with van der Waals surface area (Å²) >= 11 is 0. The third-order valence-electron chi connectivity index (χ3n) is 3.68. The van der Waals surface area contributed by atoms with E-state index in [1.54, 1.807) is 36.7 Å². The molecule has 2 aromatic heterocycles. The van der Waals surface area contributed by atoms with E-state index in [0.29, 0.717) is 18.1 Å². The minimum Gasteiger partial charge on any atom is -0.465 e. The molecule has 2 heterocycles. The number of aromatic nitrogens is 3. The number of carbonyl (C=O) groups excluding carboxylic acids is 2. The van der Waals surface area contributed by atoms with Crippen molar-refractivity contribution in [2.45, 2.75) is 6.54 Å². The number of para-hydroxylation sites is 1. The molecule has 8 nitrogen and oxygen atoms in total. The van der Waals surface area contributed by atoms with Gasteiger partial charge in [0.2, 0.25) is 0 Å². The van der Waals surface area contributed by atoms with Crippen LogP contribution in [0.15, 0.2) is 61.2 Å². The molecule has 0 aliphatic carbocycles. The molecule has 0 radical (unpaired) electrons. The van der Waals surface area contributed by atoms with Crippen LogP contribution in [0.5, 0.6) is 0 Å². The van der Waals surface area contributed by atoms with Crippen LogP contribution in [-0.2, 0) is 11.3 Å². The molecule has 0 bridgehead atoms. The molecule has 2 N–H and O–H groups in total. The van der Waals surface area contributed by atoms with E-state index in [2.05, 4.69) is 25.6 Å². The summed E-state index contributed by atoms with van der Waals surface area (Å²) in [6.07, 6.45) is 4.74. The smallest absolute Gasteiger partial charge is 0.339 e. The Morgan fingerprint density at radius 3 is 2.74 bits per heavy atom. The lowest BCUT2D eigenvalue weighted by Crippen LogP contribution is -2.17. The Morgan fingerprint density at radius 1 is 1.11 bits per heavy atom. The fourth-order valence-corrected chi connectivity index (χ4v) is 2.34. The number of hydrogen-bond donors (Lipinski definition) is 2. The summed E-state index contributed by atoms with van der Waals surface area (Å²) in [5.74, 6) is -0.495. The van der Waals surface area contributed by atoms with Crippen LogP contribution in [0.25, 0.3) is 0 Å². The maximum absolute atomic E-state index is 12.5. The first kappa shape index (κ1) is 18.0. The van der Waals surface area contributed by atoms with E-state index in [1.165, 1.54) is 19.5 Å². The molecule has 0 aliphatic rings. The van der Waals surface area contributed by atoms with Crippen molar-refractivity contribution in [3.05, 3.63) is 78.0 Å². The monoisotopic (exact) mass is 363 g/mol. The van der Waals surface area contributed by atoms with E-state index in [9.17, 15) is 9.59 Å². The second-order valence-corrected chi connectivity index (χ2v) is 5.49. The minimum absolute atomic E-state index is 0.165. The first-order valence-corrected chi connectivity index (χ1v) is 8.11. The highest BCUT2D eigenvalue weighted by molar-refractivity contribution is 6.07. The molecule has 0 fully saturated rings. The average Bonchev–Trinajstić information content (AvgIpc) is 2.73. The van der Waals surface area contributed by atoms with Crippen molar-refractivity contribution in [2.75, 3.05) is 17.7 Å². The van der Waals surface area contributed by atoms with Gasteiger partial charge < -0.3 is 15.4 Å². The summed E-state index contributed by atoms with van der Waals surface area (Å²) in [6, 6.07) is 11.9. The van der Waals surface area contributed by atoms with E-state index in [0.717, 1.165) is 5.56 Å². The highest BCUT2D eigenvalue weighted by Crippen LogP contribution is 2.17. The Hall–Kier alpha value is -3.81. The van der Waals surface area contributed by atoms with Crippen LogP contribution in [0, 0.1) is 0 Å². The average molecular weight is 363 g/mol. The topological polar surface area (TPSA) is 106 Å². The van der Waals surface area contributed by atoms with Crippen LogP contribution in [0.3, 0.4) is 0 Å². The molecular weight excluding hydrogens is 346 g/mol. The largest absolute Gasteiger partial charge is 0.465 e. The number of pyridine rings is 1. The van der Waals surface area contributed by atoms with E-state index in [4.69, 9.17) is 4.74 Å². The maximum Gasteiger partial charge on any atom is 0.339 e. The highest BCUT2D eigenvalue weighted by atomic mass is 16.5. The number of nitrogens with one attached hydrogen (secondary N) is 2. The Morgan fingerprint density at radius 2 is 1.96 bits per heavy atom. The van der Waals surface area contributed by atoms with Gasteiger partial charge in [0, 0.05) is 25.0 Å². The Labute approximate surface area is 155 Å². The van der Waals surface area contributed by atoms with Gasteiger partial charge in [-0.1, -0.05) is 18.2 Å². The number of methoxy groups -OCH3 is 1.